The molecule has 180 valence electrons. The van der Waals surface area contributed by atoms with Crippen LogP contribution in [0.3, 0.4) is 0 Å². The molecule has 4 heterocycles. The maximum Gasteiger partial charge on any atom is 0.410 e. The number of fused-ring (bicyclic) bond motifs is 1. The zero-order valence-electron chi connectivity index (χ0n) is 18.7. The molecule has 11 nitrogen and oxygen atoms in total. The van der Waals surface area contributed by atoms with Gasteiger partial charge in [0.25, 0.3) is 0 Å². The number of nitrogens with zero attached hydrogens (tertiary/aromatic N) is 5. The fraction of sp³-hybridized carbons (Fsp3) is 0.455. The summed E-state index contributed by atoms with van der Waals surface area (Å²) in [6.45, 7) is 2.17. The number of likely N-dealkylation sites (tertiary alicyclic amines) is 1. The van der Waals surface area contributed by atoms with E-state index in [1.54, 1.807) is 27.9 Å². The third kappa shape index (κ3) is 4.68. The van der Waals surface area contributed by atoms with Crippen molar-refractivity contribution >= 4 is 27.0 Å². The van der Waals surface area contributed by atoms with Gasteiger partial charge in [-0.05, 0) is 24.3 Å². The van der Waals surface area contributed by atoms with Crippen LogP contribution in [0.25, 0.3) is 16.7 Å². The third-order valence-electron chi connectivity index (χ3n) is 5.97. The SMILES string of the molecule is CS(=O)(=O)c1ccc(-n2ncc3c(OC4CCN(C(=O)O[C@@H]5CCOC5)CC4)ncnc32)cc1. The quantitative estimate of drug-likeness (QED) is 0.531. The van der Waals surface area contributed by atoms with Crippen LogP contribution in [0.1, 0.15) is 19.3 Å². The Morgan fingerprint density at radius 3 is 2.53 bits per heavy atom. The van der Waals surface area contributed by atoms with Gasteiger partial charge in [-0.25, -0.2) is 27.9 Å². The lowest BCUT2D eigenvalue weighted by molar-refractivity contribution is 0.0369. The number of hydrogen-bond donors (Lipinski definition) is 0. The van der Waals surface area contributed by atoms with Crippen molar-refractivity contribution in [3.05, 3.63) is 36.8 Å². The molecular formula is C22H25N5O6S. The number of piperidine rings is 1. The minimum absolute atomic E-state index is 0.102. The smallest absolute Gasteiger partial charge is 0.410 e. The summed E-state index contributed by atoms with van der Waals surface area (Å²) < 4.78 is 42.0. The van der Waals surface area contributed by atoms with Crippen molar-refractivity contribution in [2.45, 2.75) is 36.4 Å². The predicted molar refractivity (Wildman–Crippen MR) is 121 cm³/mol. The van der Waals surface area contributed by atoms with E-state index in [-0.39, 0.29) is 23.2 Å². The summed E-state index contributed by atoms with van der Waals surface area (Å²) in [6, 6.07) is 6.43. The van der Waals surface area contributed by atoms with E-state index >= 15 is 0 Å². The molecule has 0 bridgehead atoms. The van der Waals surface area contributed by atoms with E-state index in [9.17, 15) is 13.2 Å². The Morgan fingerprint density at radius 2 is 1.85 bits per heavy atom. The van der Waals surface area contributed by atoms with Gasteiger partial charge < -0.3 is 19.1 Å². The number of sulfone groups is 1. The molecule has 0 N–H and O–H groups in total. The van der Waals surface area contributed by atoms with E-state index in [2.05, 4.69) is 15.1 Å². The molecule has 12 heteroatoms. The fourth-order valence-electron chi connectivity index (χ4n) is 4.08. The molecule has 2 saturated heterocycles. The van der Waals surface area contributed by atoms with Crippen LogP contribution in [0.2, 0.25) is 0 Å². The second-order valence-electron chi connectivity index (χ2n) is 8.41. The Kier molecular flexibility index (Phi) is 6.09. The summed E-state index contributed by atoms with van der Waals surface area (Å²) in [5, 5.41) is 5.05. The van der Waals surface area contributed by atoms with Gasteiger partial charge in [-0.1, -0.05) is 0 Å². The molecular weight excluding hydrogens is 462 g/mol. The molecule has 0 aliphatic carbocycles. The van der Waals surface area contributed by atoms with Gasteiger partial charge in [-0.15, -0.1) is 0 Å². The van der Waals surface area contributed by atoms with Crippen molar-refractivity contribution in [2.75, 3.05) is 32.6 Å². The molecule has 1 atom stereocenters. The van der Waals surface area contributed by atoms with Crippen LogP contribution in [0.4, 0.5) is 4.79 Å². The number of carbonyl (C=O) groups is 1. The molecule has 0 saturated carbocycles. The highest BCUT2D eigenvalue weighted by molar-refractivity contribution is 7.90. The molecule has 2 aliphatic rings. The lowest BCUT2D eigenvalue weighted by atomic mass is 10.1. The monoisotopic (exact) mass is 487 g/mol. The number of rotatable bonds is 5. The van der Waals surface area contributed by atoms with Crippen molar-refractivity contribution < 1.29 is 27.4 Å². The van der Waals surface area contributed by atoms with Gasteiger partial charge in [-0.3, -0.25) is 0 Å². The second-order valence-corrected chi connectivity index (χ2v) is 10.4. The maximum atomic E-state index is 12.3. The Bertz CT molecular complexity index is 1280. The van der Waals surface area contributed by atoms with Gasteiger partial charge in [-0.2, -0.15) is 5.10 Å². The summed E-state index contributed by atoms with van der Waals surface area (Å²) in [5.41, 5.74) is 1.23. The number of benzene rings is 1. The largest absolute Gasteiger partial charge is 0.474 e. The van der Waals surface area contributed by atoms with Crippen LogP contribution in [-0.2, 0) is 19.3 Å². The van der Waals surface area contributed by atoms with E-state index in [0.717, 1.165) is 6.42 Å². The zero-order chi connectivity index (χ0) is 23.7. The number of hydrogen-bond acceptors (Lipinski definition) is 9. The first kappa shape index (κ1) is 22.5. The molecule has 2 aliphatic heterocycles. The standard InChI is InChI=1S/C22H25N5O6S/c1-34(29,30)18-4-2-15(3-5-18)27-20-19(12-25-27)21(24-14-23-20)32-16-6-9-26(10-7-16)22(28)33-17-8-11-31-13-17/h2-5,12,14,16-17H,6-11,13H2,1H3/t17-/m1/s1. The highest BCUT2D eigenvalue weighted by Gasteiger charge is 2.28. The summed E-state index contributed by atoms with van der Waals surface area (Å²) >= 11 is 0. The summed E-state index contributed by atoms with van der Waals surface area (Å²) in [4.78, 5) is 22.9. The van der Waals surface area contributed by atoms with Gasteiger partial charge >= 0.3 is 6.09 Å². The van der Waals surface area contributed by atoms with E-state index < -0.39 is 9.84 Å². The topological polar surface area (TPSA) is 126 Å². The fourth-order valence-corrected chi connectivity index (χ4v) is 4.71. The Labute approximate surface area is 196 Å². The molecule has 2 aromatic heterocycles. The average Bonchev–Trinajstić information content (AvgIpc) is 3.49. The van der Waals surface area contributed by atoms with Gasteiger partial charge in [0.15, 0.2) is 15.5 Å². The van der Waals surface area contributed by atoms with Crippen molar-refractivity contribution in [1.82, 2.24) is 24.6 Å². The summed E-state index contributed by atoms with van der Waals surface area (Å²) in [6.07, 6.45) is 5.70. The zero-order valence-corrected chi connectivity index (χ0v) is 19.5. The molecule has 0 spiro atoms. The van der Waals surface area contributed by atoms with E-state index in [0.29, 0.717) is 61.7 Å². The van der Waals surface area contributed by atoms with Crippen LogP contribution in [0, 0.1) is 0 Å². The first-order valence-electron chi connectivity index (χ1n) is 11.1. The molecule has 5 rings (SSSR count). The average molecular weight is 488 g/mol. The third-order valence-corrected chi connectivity index (χ3v) is 7.10. The van der Waals surface area contributed by atoms with Crippen molar-refractivity contribution in [3.63, 3.8) is 0 Å². The Balaban J connectivity index is 1.26. The van der Waals surface area contributed by atoms with Crippen molar-refractivity contribution in [2.24, 2.45) is 0 Å². The van der Waals surface area contributed by atoms with Crippen LogP contribution in [0.5, 0.6) is 5.88 Å². The first-order chi connectivity index (χ1) is 16.4. The number of carbonyl (C=O) groups excluding carboxylic acids is 1. The molecule has 3 aromatic rings. The van der Waals surface area contributed by atoms with Crippen molar-refractivity contribution in [1.29, 1.82) is 0 Å². The number of amides is 1. The second kappa shape index (κ2) is 9.18. The summed E-state index contributed by atoms with van der Waals surface area (Å²) in [5.74, 6) is 0.424. The van der Waals surface area contributed by atoms with Gasteiger partial charge in [0.05, 0.1) is 30.0 Å². The molecule has 34 heavy (non-hydrogen) atoms. The molecule has 1 amide bonds. The minimum atomic E-state index is -3.28. The summed E-state index contributed by atoms with van der Waals surface area (Å²) in [7, 11) is -3.28. The van der Waals surface area contributed by atoms with Crippen LogP contribution in [-0.4, -0.2) is 83.9 Å². The number of ether oxygens (including phenoxy) is 3. The van der Waals surface area contributed by atoms with E-state index in [1.165, 1.54) is 24.7 Å². The minimum Gasteiger partial charge on any atom is -0.474 e. The highest BCUT2D eigenvalue weighted by Crippen LogP contribution is 2.27. The lowest BCUT2D eigenvalue weighted by Crippen LogP contribution is -2.43. The van der Waals surface area contributed by atoms with Gasteiger partial charge in [0.2, 0.25) is 5.88 Å². The molecule has 1 aromatic carbocycles. The van der Waals surface area contributed by atoms with E-state index in [4.69, 9.17) is 14.2 Å². The van der Waals surface area contributed by atoms with Crippen LogP contribution < -0.4 is 4.74 Å². The predicted octanol–water partition coefficient (Wildman–Crippen LogP) is 1.99. The molecule has 2 fully saturated rings. The first-order valence-corrected chi connectivity index (χ1v) is 13.0. The van der Waals surface area contributed by atoms with Gasteiger partial charge in [0, 0.05) is 38.6 Å². The lowest BCUT2D eigenvalue weighted by Gasteiger charge is -2.31. The van der Waals surface area contributed by atoms with Crippen LogP contribution >= 0.6 is 0 Å². The number of aromatic nitrogens is 4. The molecule has 0 unspecified atom stereocenters. The Morgan fingerprint density at radius 1 is 1.09 bits per heavy atom. The highest BCUT2D eigenvalue weighted by atomic mass is 32.2. The normalized spacial score (nSPS) is 19.4. The van der Waals surface area contributed by atoms with Gasteiger partial charge in [0.1, 0.15) is 23.9 Å². The van der Waals surface area contributed by atoms with Crippen LogP contribution in [0.15, 0.2) is 41.7 Å². The van der Waals surface area contributed by atoms with Crippen molar-refractivity contribution in [3.8, 4) is 11.6 Å². The van der Waals surface area contributed by atoms with E-state index in [1.807, 2.05) is 0 Å². The molecule has 0 radical (unpaired) electrons. The maximum absolute atomic E-state index is 12.3. The Hall–Kier alpha value is -3.25.